The topological polar surface area (TPSA) is 210 Å². The normalized spacial score (nSPS) is 11.7. The molecule has 0 fully saturated rings. The molecule has 0 heterocycles. The van der Waals surface area contributed by atoms with Gasteiger partial charge in [-0.05, 0) is 54.1 Å². The molecule has 3 aromatic rings. The monoisotopic (exact) mass is 508 g/mol. The summed E-state index contributed by atoms with van der Waals surface area (Å²) in [6, 6.07) is 14.9. The van der Waals surface area contributed by atoms with Crippen LogP contribution in [0.4, 0.5) is 0 Å². The van der Waals surface area contributed by atoms with Crippen LogP contribution >= 0.6 is 0 Å². The maximum Gasteiger partial charge on any atom is 0.510 e. The molecule has 0 amide bonds. The predicted molar refractivity (Wildman–Crippen MR) is 126 cm³/mol. The van der Waals surface area contributed by atoms with E-state index in [0.717, 1.165) is 42.5 Å². The fourth-order valence-electron chi connectivity index (χ4n) is 3.97. The molecular formula is C23H16N4O10. The van der Waals surface area contributed by atoms with Gasteiger partial charge in [0.1, 0.15) is 41.9 Å². The van der Waals surface area contributed by atoms with E-state index in [0.29, 0.717) is 12.1 Å². The molecular weight excluding hydrogens is 492 g/mol. The number of carboxylic acid groups (broad SMARTS) is 1. The van der Waals surface area contributed by atoms with Crippen molar-refractivity contribution in [3.8, 4) is 0 Å². The number of nitro groups is 4. The molecule has 1 N–H and O–H groups in total. The van der Waals surface area contributed by atoms with Gasteiger partial charge in [0.2, 0.25) is 0 Å². The molecule has 0 aromatic heterocycles. The van der Waals surface area contributed by atoms with Crippen LogP contribution in [-0.4, -0.2) is 30.8 Å². The molecule has 0 radical (unpaired) electrons. The molecule has 0 saturated heterocycles. The number of carboxylic acids is 1. The molecule has 37 heavy (non-hydrogen) atoms. The summed E-state index contributed by atoms with van der Waals surface area (Å²) in [5, 5.41) is 58.3. The summed E-state index contributed by atoms with van der Waals surface area (Å²) in [7, 11) is 0. The van der Waals surface area contributed by atoms with Gasteiger partial charge in [-0.3, -0.25) is 40.5 Å². The Hall–Kier alpha value is -5.53. The third kappa shape index (κ3) is 4.34. The molecule has 0 bridgehead atoms. The zero-order valence-corrected chi connectivity index (χ0v) is 18.6. The minimum atomic E-state index is -3.24. The zero-order chi connectivity index (χ0) is 27.4. The van der Waals surface area contributed by atoms with E-state index in [1.165, 1.54) is 36.4 Å². The average Bonchev–Trinajstić information content (AvgIpc) is 2.84. The molecule has 0 unspecified atom stereocenters. The van der Waals surface area contributed by atoms with Crippen molar-refractivity contribution < 1.29 is 29.6 Å². The highest BCUT2D eigenvalue weighted by Crippen LogP contribution is 2.40. The summed E-state index contributed by atoms with van der Waals surface area (Å²) in [4.78, 5) is 55.5. The van der Waals surface area contributed by atoms with Gasteiger partial charge in [0.25, 0.3) is 0 Å². The van der Waals surface area contributed by atoms with Crippen LogP contribution in [0.15, 0.2) is 84.9 Å². The largest absolute Gasteiger partial charge is 0.510 e. The third-order valence-electron chi connectivity index (χ3n) is 5.59. The summed E-state index contributed by atoms with van der Waals surface area (Å²) in [6.07, 6.45) is 1.44. The standard InChI is InChI=1S/C23H16N4O10/c28-21(29)12-11-16-13-19(22(24(30)31,25(32)33)17-7-3-1-4-8-17)15-20(14-16)23(26(34)35,27(36)37)18-9-5-2-6-10-18/h1-15H,(H,28,29)/b12-11+. The van der Waals surface area contributed by atoms with Crippen LogP contribution < -0.4 is 0 Å². The van der Waals surface area contributed by atoms with Crippen molar-refractivity contribution >= 4 is 12.0 Å². The second kappa shape index (κ2) is 9.99. The molecule has 3 rings (SSSR count). The second-order valence-electron chi connectivity index (χ2n) is 7.62. The summed E-state index contributed by atoms with van der Waals surface area (Å²) < 4.78 is 0. The Morgan fingerprint density at radius 3 is 1.27 bits per heavy atom. The molecule has 188 valence electrons. The minimum Gasteiger partial charge on any atom is -0.478 e. The van der Waals surface area contributed by atoms with Gasteiger partial charge in [-0.15, -0.1) is 0 Å². The molecule has 0 spiro atoms. The van der Waals surface area contributed by atoms with Crippen molar-refractivity contribution in [2.24, 2.45) is 0 Å². The van der Waals surface area contributed by atoms with Crippen LogP contribution in [0.5, 0.6) is 0 Å². The lowest BCUT2D eigenvalue weighted by Gasteiger charge is -2.22. The molecule has 14 heteroatoms. The zero-order valence-electron chi connectivity index (χ0n) is 18.6. The van der Waals surface area contributed by atoms with Crippen LogP contribution in [0.3, 0.4) is 0 Å². The predicted octanol–water partition coefficient (Wildman–Crippen LogP) is 3.29. The molecule has 0 atom stereocenters. The van der Waals surface area contributed by atoms with E-state index in [1.54, 1.807) is 0 Å². The van der Waals surface area contributed by atoms with E-state index in [-0.39, 0.29) is 5.56 Å². The van der Waals surface area contributed by atoms with Gasteiger partial charge in [-0.25, -0.2) is 4.79 Å². The van der Waals surface area contributed by atoms with E-state index in [2.05, 4.69) is 0 Å². The van der Waals surface area contributed by atoms with Gasteiger partial charge >= 0.3 is 17.3 Å². The van der Waals surface area contributed by atoms with Crippen LogP contribution in [0.25, 0.3) is 6.08 Å². The Kier molecular flexibility index (Phi) is 7.04. The quantitative estimate of drug-likeness (QED) is 0.183. The molecule has 0 saturated carbocycles. The SMILES string of the molecule is O=C(O)/C=C/c1cc(C(c2ccccc2)([N+](=O)[O-])[N+](=O)[O-])cc(C(c2ccccc2)([N+](=O)[O-])[N+](=O)[O-])c1. The number of nitrogens with zero attached hydrogens (tertiary/aromatic N) is 4. The Morgan fingerprint density at radius 1 is 0.622 bits per heavy atom. The first-order valence-corrected chi connectivity index (χ1v) is 10.2. The van der Waals surface area contributed by atoms with Crippen LogP contribution in [0, 0.1) is 40.5 Å². The van der Waals surface area contributed by atoms with E-state index in [1.807, 2.05) is 0 Å². The summed E-state index contributed by atoms with van der Waals surface area (Å²) in [6.45, 7) is 0. The summed E-state index contributed by atoms with van der Waals surface area (Å²) >= 11 is 0. The summed E-state index contributed by atoms with van der Waals surface area (Å²) in [5.41, 5.74) is -9.17. The van der Waals surface area contributed by atoms with Crippen molar-refractivity contribution in [2.75, 3.05) is 0 Å². The van der Waals surface area contributed by atoms with Gasteiger partial charge in [-0.2, -0.15) is 0 Å². The molecule has 0 aliphatic heterocycles. The fourth-order valence-corrected chi connectivity index (χ4v) is 3.97. The number of hydrogen-bond acceptors (Lipinski definition) is 9. The number of hydrogen-bond donors (Lipinski definition) is 1. The number of carbonyl (C=O) groups is 1. The first kappa shape index (κ1) is 26.1. The fraction of sp³-hybridized carbons (Fsp3) is 0.0870. The molecule has 14 nitrogen and oxygen atoms in total. The van der Waals surface area contributed by atoms with Crippen molar-refractivity contribution in [1.29, 1.82) is 0 Å². The highest BCUT2D eigenvalue weighted by Gasteiger charge is 2.64. The summed E-state index contributed by atoms with van der Waals surface area (Å²) in [5.74, 6) is -1.47. The Labute approximate surface area is 206 Å². The highest BCUT2D eigenvalue weighted by molar-refractivity contribution is 5.85. The minimum absolute atomic E-state index is 0.289. The van der Waals surface area contributed by atoms with E-state index in [4.69, 9.17) is 5.11 Å². The average molecular weight is 508 g/mol. The Morgan fingerprint density at radius 2 is 0.973 bits per heavy atom. The molecule has 0 aliphatic carbocycles. The number of benzene rings is 3. The van der Waals surface area contributed by atoms with Crippen molar-refractivity contribution in [3.63, 3.8) is 0 Å². The van der Waals surface area contributed by atoms with Gasteiger partial charge in [0, 0.05) is 6.08 Å². The maximum absolute atomic E-state index is 12.3. The van der Waals surface area contributed by atoms with Crippen LogP contribution in [-0.2, 0) is 16.1 Å². The second-order valence-corrected chi connectivity index (χ2v) is 7.62. The van der Waals surface area contributed by atoms with E-state index in [9.17, 15) is 45.3 Å². The third-order valence-corrected chi connectivity index (χ3v) is 5.59. The maximum atomic E-state index is 12.3. The first-order valence-electron chi connectivity index (χ1n) is 10.2. The van der Waals surface area contributed by atoms with Gasteiger partial charge in [0.05, 0.1) is 0 Å². The lowest BCUT2D eigenvalue weighted by Crippen LogP contribution is -2.47. The van der Waals surface area contributed by atoms with Gasteiger partial charge in [0.15, 0.2) is 0 Å². The number of aliphatic carboxylic acids is 1. The molecule has 0 aliphatic rings. The van der Waals surface area contributed by atoms with Crippen molar-refractivity contribution in [3.05, 3.63) is 153 Å². The highest BCUT2D eigenvalue weighted by atomic mass is 16.7. The van der Waals surface area contributed by atoms with E-state index >= 15 is 0 Å². The van der Waals surface area contributed by atoms with Gasteiger partial charge in [-0.1, -0.05) is 36.4 Å². The van der Waals surface area contributed by atoms with Crippen molar-refractivity contribution in [1.82, 2.24) is 0 Å². The van der Waals surface area contributed by atoms with E-state index < -0.39 is 59.2 Å². The van der Waals surface area contributed by atoms with Crippen molar-refractivity contribution in [2.45, 2.75) is 11.3 Å². The van der Waals surface area contributed by atoms with Crippen LogP contribution in [0.2, 0.25) is 0 Å². The lowest BCUT2D eigenvalue weighted by molar-refractivity contribution is -0.798. The van der Waals surface area contributed by atoms with Gasteiger partial charge < -0.3 is 5.11 Å². The Balaban J connectivity index is 2.54. The Bertz CT molecular complexity index is 1300. The molecule has 3 aromatic carbocycles. The smallest absolute Gasteiger partial charge is 0.478 e. The number of rotatable bonds is 10. The first-order chi connectivity index (χ1) is 17.5. The lowest BCUT2D eigenvalue weighted by atomic mass is 9.84. The van der Waals surface area contributed by atoms with Crippen LogP contribution in [0.1, 0.15) is 27.8 Å².